The molecule has 0 bridgehead atoms. The number of carbonyl (C=O) groups excluding carboxylic acids is 2. The second-order valence-corrected chi connectivity index (χ2v) is 11.1. The summed E-state index contributed by atoms with van der Waals surface area (Å²) >= 11 is 6.04. The molecule has 2 heterocycles. The Morgan fingerprint density at radius 2 is 1.74 bits per heavy atom. The van der Waals surface area contributed by atoms with Crippen LogP contribution in [0.5, 0.6) is 5.75 Å². The highest BCUT2D eigenvalue weighted by Gasteiger charge is 2.39. The van der Waals surface area contributed by atoms with Crippen LogP contribution in [0.15, 0.2) is 36.4 Å². The van der Waals surface area contributed by atoms with Crippen molar-refractivity contribution in [3.63, 3.8) is 0 Å². The number of anilines is 1. The minimum Gasteiger partial charge on any atom is -0.480 e. The number of benzene rings is 2. The van der Waals surface area contributed by atoms with Crippen molar-refractivity contribution in [2.45, 2.75) is 56.5 Å². The molecule has 14 heteroatoms. The highest BCUT2D eigenvalue weighted by molar-refractivity contribution is 6.30. The Labute approximate surface area is 244 Å². The number of rotatable bonds is 7. The zero-order valence-corrected chi connectivity index (χ0v) is 23.3. The van der Waals surface area contributed by atoms with Crippen molar-refractivity contribution in [2.24, 2.45) is 0 Å². The van der Waals surface area contributed by atoms with E-state index in [0.29, 0.717) is 69.1 Å². The van der Waals surface area contributed by atoms with Crippen LogP contribution in [0.2, 0.25) is 5.02 Å². The first kappa shape index (κ1) is 29.9. The quantitative estimate of drug-likeness (QED) is 0.358. The van der Waals surface area contributed by atoms with Gasteiger partial charge in [0.25, 0.3) is 11.6 Å². The van der Waals surface area contributed by atoms with Gasteiger partial charge in [-0.25, -0.2) is 0 Å². The van der Waals surface area contributed by atoms with Crippen molar-refractivity contribution >= 4 is 34.8 Å². The summed E-state index contributed by atoms with van der Waals surface area (Å²) in [4.78, 5) is 39.0. The molecule has 0 spiro atoms. The fourth-order valence-corrected chi connectivity index (χ4v) is 5.83. The topological polar surface area (TPSA) is 114 Å². The van der Waals surface area contributed by atoms with E-state index in [1.165, 1.54) is 6.07 Å². The zero-order chi connectivity index (χ0) is 30.0. The van der Waals surface area contributed by atoms with E-state index < -0.39 is 28.5 Å². The van der Waals surface area contributed by atoms with Gasteiger partial charge >= 0.3 is 6.18 Å². The summed E-state index contributed by atoms with van der Waals surface area (Å²) in [6.07, 6.45) is -2.70. The molecule has 1 aliphatic carbocycles. The highest BCUT2D eigenvalue weighted by Crippen LogP contribution is 2.38. The van der Waals surface area contributed by atoms with Gasteiger partial charge in [-0.3, -0.25) is 19.7 Å². The standard InChI is InChI=1S/C28H30ClF3N4O6/c29-18-1-8-24-17(13-18)14-25(42-24)27(38)35-11-9-34(10-12-35)26(37)16-41-21-5-2-19(3-6-21)33-20-4-7-23(36(39)40)22(15-20)28(30,31)32/h1,4,7-8,13,15,19,21,25,33H,2-3,5-6,9-12,14,16H2/t19-,21-,25?. The van der Waals surface area contributed by atoms with Crippen molar-refractivity contribution in [2.75, 3.05) is 38.1 Å². The summed E-state index contributed by atoms with van der Waals surface area (Å²) in [5.74, 6) is 0.391. The van der Waals surface area contributed by atoms with Gasteiger partial charge in [0.2, 0.25) is 5.91 Å². The number of carbonyl (C=O) groups is 2. The first-order chi connectivity index (χ1) is 20.0. The minimum absolute atomic E-state index is 0.0875. The lowest BCUT2D eigenvalue weighted by atomic mass is 9.92. The van der Waals surface area contributed by atoms with Crippen LogP contribution in [0.1, 0.15) is 36.8 Å². The van der Waals surface area contributed by atoms with Crippen LogP contribution < -0.4 is 10.1 Å². The molecule has 1 saturated carbocycles. The Bertz CT molecular complexity index is 1340. The first-order valence-electron chi connectivity index (χ1n) is 13.7. The van der Waals surface area contributed by atoms with Gasteiger partial charge in [-0.2, -0.15) is 13.2 Å². The number of nitro groups is 1. The second-order valence-electron chi connectivity index (χ2n) is 10.7. The van der Waals surface area contributed by atoms with Gasteiger partial charge in [-0.1, -0.05) is 11.6 Å². The number of nitrogens with one attached hydrogen (secondary N) is 1. The number of amides is 2. The third kappa shape index (κ3) is 6.89. The Morgan fingerprint density at radius 3 is 2.40 bits per heavy atom. The van der Waals surface area contributed by atoms with Crippen LogP contribution in [-0.2, 0) is 26.9 Å². The smallest absolute Gasteiger partial charge is 0.423 e. The number of hydrogen-bond acceptors (Lipinski definition) is 7. The molecule has 226 valence electrons. The average Bonchev–Trinajstić information content (AvgIpc) is 3.39. The molecule has 1 N–H and O–H groups in total. The van der Waals surface area contributed by atoms with E-state index in [2.05, 4.69) is 5.32 Å². The van der Waals surface area contributed by atoms with Gasteiger partial charge in [0, 0.05) is 55.4 Å². The number of piperazine rings is 1. The SMILES string of the molecule is O=C(CO[C@H]1CC[C@H](Nc2ccc([N+](=O)[O-])c(C(F)(F)F)c2)CC1)N1CCN(C(=O)C2Cc3cc(Cl)ccc3O2)CC1. The van der Waals surface area contributed by atoms with Gasteiger partial charge in [-0.15, -0.1) is 0 Å². The summed E-state index contributed by atoms with van der Waals surface area (Å²) in [5.41, 5.74) is -1.21. The Hall–Kier alpha value is -3.58. The van der Waals surface area contributed by atoms with Gasteiger partial charge in [0.1, 0.15) is 17.9 Å². The molecule has 5 rings (SSSR count). The minimum atomic E-state index is -4.84. The third-order valence-corrected chi connectivity index (χ3v) is 8.14. The molecule has 42 heavy (non-hydrogen) atoms. The fraction of sp³-hybridized carbons (Fsp3) is 0.500. The zero-order valence-electron chi connectivity index (χ0n) is 22.6. The highest BCUT2D eigenvalue weighted by atomic mass is 35.5. The maximum Gasteiger partial charge on any atom is 0.423 e. The molecule has 0 radical (unpaired) electrons. The second kappa shape index (κ2) is 12.3. The van der Waals surface area contributed by atoms with Crippen molar-refractivity contribution in [1.29, 1.82) is 0 Å². The van der Waals surface area contributed by atoms with E-state index in [0.717, 1.165) is 17.7 Å². The van der Waals surface area contributed by atoms with E-state index in [1.807, 2.05) is 0 Å². The molecule has 2 aromatic rings. The molecule has 10 nitrogen and oxygen atoms in total. The number of nitrogens with zero attached hydrogens (tertiary/aromatic N) is 3. The Kier molecular flexibility index (Phi) is 8.78. The van der Waals surface area contributed by atoms with E-state index in [4.69, 9.17) is 21.1 Å². The van der Waals surface area contributed by atoms with Crippen LogP contribution in [0.3, 0.4) is 0 Å². The summed E-state index contributed by atoms with van der Waals surface area (Å²) < 4.78 is 51.5. The number of halogens is 4. The molecular formula is C28H30ClF3N4O6. The van der Waals surface area contributed by atoms with E-state index in [9.17, 15) is 32.9 Å². The maximum atomic E-state index is 13.3. The van der Waals surface area contributed by atoms with Crippen LogP contribution >= 0.6 is 11.6 Å². The number of alkyl halides is 3. The molecule has 3 aliphatic rings. The molecule has 2 aromatic carbocycles. The van der Waals surface area contributed by atoms with Gasteiger partial charge in [0.05, 0.1) is 11.0 Å². The van der Waals surface area contributed by atoms with Crippen LogP contribution in [-0.4, -0.2) is 77.6 Å². The summed E-state index contributed by atoms with van der Waals surface area (Å²) in [7, 11) is 0. The lowest BCUT2D eigenvalue weighted by Gasteiger charge is -2.36. The summed E-state index contributed by atoms with van der Waals surface area (Å²) in [6.45, 7) is 1.50. The van der Waals surface area contributed by atoms with Crippen molar-refractivity contribution in [1.82, 2.24) is 9.80 Å². The van der Waals surface area contributed by atoms with Gasteiger partial charge in [0.15, 0.2) is 6.10 Å². The molecule has 1 unspecified atom stereocenters. The summed E-state index contributed by atoms with van der Waals surface area (Å²) in [5, 5.41) is 14.6. The van der Waals surface area contributed by atoms with E-state index in [1.54, 1.807) is 28.0 Å². The van der Waals surface area contributed by atoms with Crippen molar-refractivity contribution < 1.29 is 37.2 Å². The van der Waals surface area contributed by atoms with Gasteiger partial charge < -0.3 is 24.6 Å². The lowest BCUT2D eigenvalue weighted by molar-refractivity contribution is -0.388. The molecule has 0 aromatic heterocycles. The predicted molar refractivity (Wildman–Crippen MR) is 146 cm³/mol. The third-order valence-electron chi connectivity index (χ3n) is 7.90. The lowest BCUT2D eigenvalue weighted by Crippen LogP contribution is -2.54. The van der Waals surface area contributed by atoms with Crippen molar-refractivity contribution in [3.05, 3.63) is 62.7 Å². The summed E-state index contributed by atoms with van der Waals surface area (Å²) in [6, 6.07) is 8.06. The Balaban J connectivity index is 1.02. The van der Waals surface area contributed by atoms with Gasteiger partial charge in [-0.05, 0) is 61.6 Å². The molecule has 2 aliphatic heterocycles. The molecule has 1 atom stereocenters. The number of nitro benzene ring substituents is 1. The normalized spacial score (nSPS) is 22.3. The van der Waals surface area contributed by atoms with Crippen molar-refractivity contribution in [3.8, 4) is 5.75 Å². The molecule has 1 saturated heterocycles. The maximum absolute atomic E-state index is 13.3. The molecular weight excluding hydrogens is 581 g/mol. The van der Waals surface area contributed by atoms with Crippen LogP contribution in [0, 0.1) is 10.1 Å². The Morgan fingerprint density at radius 1 is 1.05 bits per heavy atom. The fourth-order valence-electron chi connectivity index (χ4n) is 5.64. The monoisotopic (exact) mass is 610 g/mol. The molecule has 2 fully saturated rings. The van der Waals surface area contributed by atoms with Crippen LogP contribution in [0.4, 0.5) is 24.5 Å². The van der Waals surface area contributed by atoms with Crippen LogP contribution in [0.25, 0.3) is 0 Å². The first-order valence-corrected chi connectivity index (χ1v) is 14.1. The largest absolute Gasteiger partial charge is 0.480 e. The van der Waals surface area contributed by atoms with E-state index in [-0.39, 0.29) is 36.3 Å². The predicted octanol–water partition coefficient (Wildman–Crippen LogP) is 4.68. The average molecular weight is 611 g/mol. The number of fused-ring (bicyclic) bond motifs is 1. The van der Waals surface area contributed by atoms with E-state index >= 15 is 0 Å². The number of ether oxygens (including phenoxy) is 2. The molecule has 2 amide bonds. The number of hydrogen-bond donors (Lipinski definition) is 1.